The molecule has 0 heterocycles. The van der Waals surface area contributed by atoms with Crippen LogP contribution in [0.25, 0.3) is 0 Å². The van der Waals surface area contributed by atoms with Crippen molar-refractivity contribution in [3.05, 3.63) is 35.9 Å². The summed E-state index contributed by atoms with van der Waals surface area (Å²) < 4.78 is 82.5. The molecule has 31 heavy (non-hydrogen) atoms. The second-order valence-corrected chi connectivity index (χ2v) is 6.30. The lowest BCUT2D eigenvalue weighted by atomic mass is 10.0. The van der Waals surface area contributed by atoms with Crippen LogP contribution in [0, 0.1) is 0 Å². The molecule has 0 radical (unpaired) electrons. The standard InChI is InChI=1S/C18H20F6N2O5/c1-30-16(29)13(7-11-5-3-2-4-6-11)26-15(28)12(25-9-17(19,20)21)8-14(27)31-10-18(22,23)24/h2-6,12-13,25H,7-10H2,1H3,(H,26,28)/t12-,13-/m0/s1. The van der Waals surface area contributed by atoms with Crippen molar-refractivity contribution in [1.29, 1.82) is 0 Å². The smallest absolute Gasteiger partial charge is 0.422 e. The third-order valence-electron chi connectivity index (χ3n) is 3.72. The first-order chi connectivity index (χ1) is 14.3. The maximum absolute atomic E-state index is 12.5. The minimum atomic E-state index is -4.85. The van der Waals surface area contributed by atoms with Gasteiger partial charge in [-0.05, 0) is 5.56 Å². The molecular formula is C18H20F6N2O5. The molecule has 0 aliphatic heterocycles. The second kappa shape index (κ2) is 11.5. The lowest BCUT2D eigenvalue weighted by Crippen LogP contribution is -2.53. The maximum Gasteiger partial charge on any atom is 0.422 e. The zero-order valence-corrected chi connectivity index (χ0v) is 16.2. The number of hydrogen-bond acceptors (Lipinski definition) is 6. The first-order valence-electron chi connectivity index (χ1n) is 8.75. The molecule has 0 bridgehead atoms. The van der Waals surface area contributed by atoms with E-state index in [9.17, 15) is 40.7 Å². The van der Waals surface area contributed by atoms with Gasteiger partial charge in [-0.3, -0.25) is 14.9 Å². The lowest BCUT2D eigenvalue weighted by Gasteiger charge is -2.22. The Balaban J connectivity index is 2.90. The van der Waals surface area contributed by atoms with Gasteiger partial charge in [0.2, 0.25) is 5.91 Å². The van der Waals surface area contributed by atoms with Crippen molar-refractivity contribution in [2.75, 3.05) is 20.3 Å². The molecule has 1 rings (SSSR count). The number of amides is 1. The molecule has 0 saturated carbocycles. The number of methoxy groups -OCH3 is 1. The summed E-state index contributed by atoms with van der Waals surface area (Å²) in [6.07, 6.45) is -10.8. The van der Waals surface area contributed by atoms with E-state index in [4.69, 9.17) is 0 Å². The van der Waals surface area contributed by atoms with E-state index in [2.05, 4.69) is 14.8 Å². The van der Waals surface area contributed by atoms with Gasteiger partial charge in [0.1, 0.15) is 6.04 Å². The number of halogens is 6. The summed E-state index contributed by atoms with van der Waals surface area (Å²) in [5, 5.41) is 3.90. The Morgan fingerprint density at radius 3 is 2.10 bits per heavy atom. The highest BCUT2D eigenvalue weighted by atomic mass is 19.4. The highest BCUT2D eigenvalue weighted by Crippen LogP contribution is 2.16. The summed E-state index contributed by atoms with van der Waals surface area (Å²) in [6.45, 7) is -3.67. The Hall–Kier alpha value is -2.83. The molecule has 0 aromatic heterocycles. The van der Waals surface area contributed by atoms with E-state index in [1.165, 1.54) is 0 Å². The molecule has 1 aromatic carbocycles. The van der Waals surface area contributed by atoms with Gasteiger partial charge in [0.05, 0.1) is 26.1 Å². The van der Waals surface area contributed by atoms with Gasteiger partial charge < -0.3 is 14.8 Å². The SMILES string of the molecule is COC(=O)[C@H](Cc1ccccc1)NC(=O)[C@H](CC(=O)OCC(F)(F)F)NCC(F)(F)F. The number of carbonyl (C=O) groups excluding carboxylic acids is 3. The molecule has 13 heteroatoms. The van der Waals surface area contributed by atoms with Crippen LogP contribution in [0.2, 0.25) is 0 Å². The Morgan fingerprint density at radius 2 is 1.58 bits per heavy atom. The largest absolute Gasteiger partial charge is 0.467 e. The second-order valence-electron chi connectivity index (χ2n) is 6.30. The molecule has 0 aliphatic rings. The van der Waals surface area contributed by atoms with E-state index in [0.29, 0.717) is 5.56 Å². The van der Waals surface area contributed by atoms with Crippen LogP contribution in [-0.4, -0.2) is 62.5 Å². The number of ether oxygens (including phenoxy) is 2. The average molecular weight is 458 g/mol. The minimum absolute atomic E-state index is 0.0796. The number of alkyl halides is 6. The number of rotatable bonds is 10. The Kier molecular flexibility index (Phi) is 9.75. The molecule has 0 spiro atoms. The summed E-state index contributed by atoms with van der Waals surface area (Å²) in [5.74, 6) is -3.68. The van der Waals surface area contributed by atoms with Crippen molar-refractivity contribution in [1.82, 2.24) is 10.6 Å². The number of carbonyl (C=O) groups is 3. The summed E-state index contributed by atoms with van der Waals surface area (Å²) >= 11 is 0. The van der Waals surface area contributed by atoms with Crippen LogP contribution in [-0.2, 0) is 30.3 Å². The van der Waals surface area contributed by atoms with Crippen molar-refractivity contribution < 1.29 is 50.2 Å². The fourth-order valence-electron chi connectivity index (χ4n) is 2.34. The topological polar surface area (TPSA) is 93.7 Å². The van der Waals surface area contributed by atoms with Gasteiger partial charge in [-0.1, -0.05) is 30.3 Å². The van der Waals surface area contributed by atoms with Crippen molar-refractivity contribution >= 4 is 17.8 Å². The predicted molar refractivity (Wildman–Crippen MR) is 93.6 cm³/mol. The molecule has 0 fully saturated rings. The first-order valence-corrected chi connectivity index (χ1v) is 8.75. The van der Waals surface area contributed by atoms with Crippen LogP contribution in [0.5, 0.6) is 0 Å². The fourth-order valence-corrected chi connectivity index (χ4v) is 2.34. The molecule has 1 aromatic rings. The van der Waals surface area contributed by atoms with E-state index in [1.807, 2.05) is 0 Å². The van der Waals surface area contributed by atoms with Gasteiger partial charge in [0.25, 0.3) is 0 Å². The number of esters is 2. The van der Waals surface area contributed by atoms with Gasteiger partial charge in [-0.25, -0.2) is 4.79 Å². The number of benzene rings is 1. The number of nitrogens with one attached hydrogen (secondary N) is 2. The van der Waals surface area contributed by atoms with E-state index < -0.39 is 61.9 Å². The Bertz CT molecular complexity index is 739. The molecule has 2 N–H and O–H groups in total. The average Bonchev–Trinajstić information content (AvgIpc) is 2.67. The van der Waals surface area contributed by atoms with Crippen LogP contribution < -0.4 is 10.6 Å². The fraction of sp³-hybridized carbons (Fsp3) is 0.500. The Morgan fingerprint density at radius 1 is 0.968 bits per heavy atom. The highest BCUT2D eigenvalue weighted by Gasteiger charge is 2.34. The number of hydrogen-bond donors (Lipinski definition) is 2. The quantitative estimate of drug-likeness (QED) is 0.411. The molecule has 0 unspecified atom stereocenters. The van der Waals surface area contributed by atoms with Crippen molar-refractivity contribution in [2.24, 2.45) is 0 Å². The zero-order valence-electron chi connectivity index (χ0n) is 16.2. The molecule has 0 aliphatic carbocycles. The van der Waals surface area contributed by atoms with Crippen LogP contribution >= 0.6 is 0 Å². The summed E-state index contributed by atoms with van der Waals surface area (Å²) in [4.78, 5) is 36.0. The third kappa shape index (κ3) is 11.2. The molecule has 174 valence electrons. The van der Waals surface area contributed by atoms with Crippen LogP contribution in [0.1, 0.15) is 12.0 Å². The first kappa shape index (κ1) is 26.2. The Labute approximate surface area is 173 Å². The van der Waals surface area contributed by atoms with Crippen LogP contribution in [0.15, 0.2) is 30.3 Å². The third-order valence-corrected chi connectivity index (χ3v) is 3.72. The molecule has 0 saturated heterocycles. The van der Waals surface area contributed by atoms with Gasteiger partial charge in [-0.15, -0.1) is 0 Å². The van der Waals surface area contributed by atoms with Crippen LogP contribution in [0.3, 0.4) is 0 Å². The monoisotopic (exact) mass is 458 g/mol. The minimum Gasteiger partial charge on any atom is -0.467 e. The summed E-state index contributed by atoms with van der Waals surface area (Å²) in [7, 11) is 1.03. The van der Waals surface area contributed by atoms with Crippen molar-refractivity contribution in [3.63, 3.8) is 0 Å². The van der Waals surface area contributed by atoms with Gasteiger partial charge in [0, 0.05) is 6.42 Å². The molecule has 7 nitrogen and oxygen atoms in total. The van der Waals surface area contributed by atoms with E-state index in [1.54, 1.807) is 35.6 Å². The maximum atomic E-state index is 12.5. The summed E-state index contributed by atoms with van der Waals surface area (Å²) in [6, 6.07) is 5.00. The van der Waals surface area contributed by atoms with E-state index in [-0.39, 0.29) is 6.42 Å². The van der Waals surface area contributed by atoms with Gasteiger partial charge in [-0.2, -0.15) is 26.3 Å². The van der Waals surface area contributed by atoms with Gasteiger partial charge in [0.15, 0.2) is 6.61 Å². The normalized spacial score (nSPS) is 13.8. The molecular weight excluding hydrogens is 438 g/mol. The van der Waals surface area contributed by atoms with Gasteiger partial charge >= 0.3 is 24.3 Å². The molecule has 2 atom stereocenters. The predicted octanol–water partition coefficient (Wildman–Crippen LogP) is 1.90. The van der Waals surface area contributed by atoms with Crippen molar-refractivity contribution in [3.8, 4) is 0 Å². The van der Waals surface area contributed by atoms with E-state index in [0.717, 1.165) is 7.11 Å². The summed E-state index contributed by atoms with van der Waals surface area (Å²) in [5.41, 5.74) is 0.586. The highest BCUT2D eigenvalue weighted by molar-refractivity contribution is 5.90. The van der Waals surface area contributed by atoms with E-state index >= 15 is 0 Å². The zero-order chi connectivity index (χ0) is 23.7. The molecule has 1 amide bonds. The lowest BCUT2D eigenvalue weighted by molar-refractivity contribution is -0.186. The van der Waals surface area contributed by atoms with Crippen LogP contribution in [0.4, 0.5) is 26.3 Å². The van der Waals surface area contributed by atoms with Crippen molar-refractivity contribution in [2.45, 2.75) is 37.3 Å².